The Labute approximate surface area is 184 Å². The zero-order valence-electron chi connectivity index (χ0n) is 16.4. The van der Waals surface area contributed by atoms with E-state index in [0.717, 1.165) is 30.9 Å². The second-order valence-corrected chi connectivity index (χ2v) is 8.62. The number of aliphatic imine (C=N–C) groups is 1. The van der Waals surface area contributed by atoms with Crippen LogP contribution in [0.15, 0.2) is 52.5 Å². The Morgan fingerprint density at radius 2 is 1.93 bits per heavy atom. The second-order valence-electron chi connectivity index (χ2n) is 6.91. The second kappa shape index (κ2) is 9.75. The van der Waals surface area contributed by atoms with E-state index in [1.807, 2.05) is 43.4 Å². The molecule has 3 rings (SSSR count). The van der Waals surface area contributed by atoms with E-state index in [4.69, 9.17) is 0 Å². The maximum Gasteiger partial charge on any atom is 0.240 e. The number of hydrogen-bond donors (Lipinski definition) is 2. The molecule has 1 aromatic heterocycles. The van der Waals surface area contributed by atoms with Crippen molar-refractivity contribution < 1.29 is 8.42 Å². The first kappa shape index (κ1) is 22.7. The van der Waals surface area contributed by atoms with Crippen LogP contribution in [0.2, 0.25) is 0 Å². The minimum absolute atomic E-state index is 0. The van der Waals surface area contributed by atoms with Gasteiger partial charge in [-0.1, -0.05) is 12.1 Å². The van der Waals surface area contributed by atoms with Crippen LogP contribution in [-0.4, -0.2) is 44.0 Å². The first-order chi connectivity index (χ1) is 12.9. The number of aromatic nitrogens is 1. The Balaban J connectivity index is 0.00000280. The van der Waals surface area contributed by atoms with E-state index >= 15 is 0 Å². The molecule has 0 atom stereocenters. The van der Waals surface area contributed by atoms with Crippen LogP contribution in [0.1, 0.15) is 24.1 Å². The first-order valence-electron chi connectivity index (χ1n) is 9.02. The van der Waals surface area contributed by atoms with Gasteiger partial charge in [-0.15, -0.1) is 24.0 Å². The molecule has 1 aliphatic carbocycles. The van der Waals surface area contributed by atoms with Gasteiger partial charge in [0.1, 0.15) is 0 Å². The summed E-state index contributed by atoms with van der Waals surface area (Å²) in [5.41, 5.74) is 2.19. The summed E-state index contributed by atoms with van der Waals surface area (Å²) in [6, 6.07) is 11.2. The standard InChI is InChI=1S/C19H27N5O2S.HI/c1-20-19(24(3)14-17-5-4-12-23(17)2)21-13-15-6-10-18(11-7-15)27(25,26)22-16-8-9-16;/h4-7,10-12,16,22H,8-9,13-14H2,1-3H3,(H,20,21);1H. The number of benzene rings is 1. The Bertz CT molecular complexity index is 905. The van der Waals surface area contributed by atoms with E-state index < -0.39 is 10.0 Å². The maximum atomic E-state index is 12.2. The number of nitrogens with zero attached hydrogens (tertiary/aromatic N) is 3. The molecule has 1 heterocycles. The highest BCUT2D eigenvalue weighted by atomic mass is 127. The number of halogens is 1. The van der Waals surface area contributed by atoms with Crippen molar-refractivity contribution in [1.82, 2.24) is 19.5 Å². The van der Waals surface area contributed by atoms with E-state index in [0.29, 0.717) is 11.4 Å². The van der Waals surface area contributed by atoms with Crippen molar-refractivity contribution >= 4 is 40.0 Å². The Morgan fingerprint density at radius 1 is 1.25 bits per heavy atom. The number of guanidine groups is 1. The molecule has 1 fully saturated rings. The number of rotatable bonds is 7. The van der Waals surface area contributed by atoms with Crippen molar-refractivity contribution in [2.24, 2.45) is 12.0 Å². The summed E-state index contributed by atoms with van der Waals surface area (Å²) >= 11 is 0. The first-order valence-corrected chi connectivity index (χ1v) is 10.5. The topological polar surface area (TPSA) is 78.7 Å². The van der Waals surface area contributed by atoms with Crippen molar-refractivity contribution in [3.63, 3.8) is 0 Å². The average molecular weight is 517 g/mol. The lowest BCUT2D eigenvalue weighted by molar-refractivity contribution is 0.461. The average Bonchev–Trinajstić information content (AvgIpc) is 3.36. The number of sulfonamides is 1. The molecule has 0 amide bonds. The molecule has 0 saturated heterocycles. The summed E-state index contributed by atoms with van der Waals surface area (Å²) in [4.78, 5) is 6.68. The predicted octanol–water partition coefficient (Wildman–Crippen LogP) is 2.29. The molecule has 1 saturated carbocycles. The van der Waals surface area contributed by atoms with Gasteiger partial charge in [0, 0.05) is 45.6 Å². The number of hydrogen-bond acceptors (Lipinski definition) is 3. The quantitative estimate of drug-likeness (QED) is 0.336. The molecule has 9 heteroatoms. The smallest absolute Gasteiger partial charge is 0.240 e. The normalized spacial score (nSPS) is 14.5. The summed E-state index contributed by atoms with van der Waals surface area (Å²) in [6.45, 7) is 1.31. The van der Waals surface area contributed by atoms with Crippen LogP contribution in [-0.2, 0) is 30.2 Å². The highest BCUT2D eigenvalue weighted by Crippen LogP contribution is 2.22. The Kier molecular flexibility index (Phi) is 7.90. The van der Waals surface area contributed by atoms with Gasteiger partial charge in [-0.2, -0.15) is 0 Å². The van der Waals surface area contributed by atoms with Crippen molar-refractivity contribution in [2.75, 3.05) is 14.1 Å². The SMILES string of the molecule is CN=C(NCc1ccc(S(=O)(=O)NC2CC2)cc1)N(C)Cc1cccn1C.I. The molecule has 154 valence electrons. The van der Waals surface area contributed by atoms with Gasteiger partial charge >= 0.3 is 0 Å². The molecule has 7 nitrogen and oxygen atoms in total. The van der Waals surface area contributed by atoms with Crippen LogP contribution in [0, 0.1) is 0 Å². The molecule has 0 unspecified atom stereocenters. The van der Waals surface area contributed by atoms with Gasteiger partial charge in [-0.25, -0.2) is 13.1 Å². The van der Waals surface area contributed by atoms with Crippen LogP contribution in [0.5, 0.6) is 0 Å². The molecule has 2 N–H and O–H groups in total. The Morgan fingerprint density at radius 3 is 2.46 bits per heavy atom. The van der Waals surface area contributed by atoms with Crippen molar-refractivity contribution in [3.8, 4) is 0 Å². The lowest BCUT2D eigenvalue weighted by atomic mass is 10.2. The Hall–Kier alpha value is -1.59. The van der Waals surface area contributed by atoms with E-state index in [-0.39, 0.29) is 30.0 Å². The molecule has 0 bridgehead atoms. The van der Waals surface area contributed by atoms with E-state index in [9.17, 15) is 8.42 Å². The fraction of sp³-hybridized carbons (Fsp3) is 0.421. The molecule has 1 aliphatic rings. The third-order valence-corrected chi connectivity index (χ3v) is 6.14. The van der Waals surface area contributed by atoms with Gasteiger partial charge in [0.25, 0.3) is 0 Å². The largest absolute Gasteiger partial charge is 0.353 e. The molecular formula is C19H28IN5O2S. The van der Waals surface area contributed by atoms with Gasteiger partial charge < -0.3 is 14.8 Å². The molecule has 0 spiro atoms. The fourth-order valence-corrected chi connectivity index (χ4v) is 4.12. The van der Waals surface area contributed by atoms with Crippen LogP contribution < -0.4 is 10.0 Å². The summed E-state index contributed by atoms with van der Waals surface area (Å²) in [5, 5.41) is 3.32. The van der Waals surface area contributed by atoms with Crippen LogP contribution in [0.25, 0.3) is 0 Å². The van der Waals surface area contributed by atoms with Crippen LogP contribution >= 0.6 is 24.0 Å². The third kappa shape index (κ3) is 5.95. The minimum Gasteiger partial charge on any atom is -0.353 e. The third-order valence-electron chi connectivity index (χ3n) is 4.61. The monoisotopic (exact) mass is 517 g/mol. The number of aryl methyl sites for hydroxylation is 1. The highest BCUT2D eigenvalue weighted by Gasteiger charge is 2.27. The summed E-state index contributed by atoms with van der Waals surface area (Å²) in [7, 11) is 2.36. The van der Waals surface area contributed by atoms with Crippen molar-refractivity contribution in [2.45, 2.75) is 36.9 Å². The van der Waals surface area contributed by atoms with E-state index in [2.05, 4.69) is 25.7 Å². The maximum absolute atomic E-state index is 12.2. The molecule has 1 aromatic carbocycles. The van der Waals surface area contributed by atoms with Gasteiger partial charge in [0.05, 0.1) is 11.4 Å². The van der Waals surface area contributed by atoms with Crippen LogP contribution in [0.3, 0.4) is 0 Å². The van der Waals surface area contributed by atoms with Crippen LogP contribution in [0.4, 0.5) is 0 Å². The zero-order chi connectivity index (χ0) is 19.4. The van der Waals surface area contributed by atoms with Crippen molar-refractivity contribution in [1.29, 1.82) is 0 Å². The van der Waals surface area contributed by atoms with Gasteiger partial charge in [0.2, 0.25) is 10.0 Å². The summed E-state index contributed by atoms with van der Waals surface area (Å²) in [6.07, 6.45) is 3.88. The fourth-order valence-electron chi connectivity index (χ4n) is 2.82. The van der Waals surface area contributed by atoms with Gasteiger partial charge in [0.15, 0.2) is 5.96 Å². The lowest BCUT2D eigenvalue weighted by Crippen LogP contribution is -2.38. The summed E-state index contributed by atoms with van der Waals surface area (Å²) < 4.78 is 29.2. The molecule has 2 aromatic rings. The molecule has 0 aliphatic heterocycles. The minimum atomic E-state index is -3.40. The predicted molar refractivity (Wildman–Crippen MR) is 122 cm³/mol. The lowest BCUT2D eigenvalue weighted by Gasteiger charge is -2.22. The number of nitrogens with one attached hydrogen (secondary N) is 2. The van der Waals surface area contributed by atoms with Crippen molar-refractivity contribution in [3.05, 3.63) is 53.9 Å². The molecular weight excluding hydrogens is 489 g/mol. The van der Waals surface area contributed by atoms with E-state index in [1.165, 1.54) is 5.69 Å². The highest BCUT2D eigenvalue weighted by molar-refractivity contribution is 14.0. The van der Waals surface area contributed by atoms with Gasteiger partial charge in [-0.3, -0.25) is 4.99 Å². The molecule has 28 heavy (non-hydrogen) atoms. The zero-order valence-corrected chi connectivity index (χ0v) is 19.6. The molecule has 0 radical (unpaired) electrons. The van der Waals surface area contributed by atoms with E-state index in [1.54, 1.807) is 19.2 Å². The summed E-state index contributed by atoms with van der Waals surface area (Å²) in [5.74, 6) is 0.781. The van der Waals surface area contributed by atoms with Gasteiger partial charge in [-0.05, 0) is 42.7 Å².